The molecule has 0 saturated carbocycles. The second kappa shape index (κ2) is 5.28. The molecule has 0 spiro atoms. The molecule has 0 radical (unpaired) electrons. The van der Waals surface area contributed by atoms with E-state index in [0.717, 1.165) is 18.7 Å². The standard InChI is InChI=1S/C11H21N3O/c1-8(12-6-5-7-15)11-9(2)13-14(4)10(11)3/h8,12,15H,5-7H2,1-4H3. The van der Waals surface area contributed by atoms with E-state index in [2.05, 4.69) is 24.3 Å². The van der Waals surface area contributed by atoms with Gasteiger partial charge in [0, 0.05) is 31.0 Å². The molecule has 1 aromatic heterocycles. The van der Waals surface area contributed by atoms with Crippen LogP contribution in [0.15, 0.2) is 0 Å². The van der Waals surface area contributed by atoms with Gasteiger partial charge in [-0.2, -0.15) is 5.10 Å². The van der Waals surface area contributed by atoms with Gasteiger partial charge in [0.2, 0.25) is 0 Å². The summed E-state index contributed by atoms with van der Waals surface area (Å²) in [6.07, 6.45) is 0.794. The number of hydrogen-bond donors (Lipinski definition) is 2. The van der Waals surface area contributed by atoms with Crippen LogP contribution in [0.1, 0.15) is 36.3 Å². The number of aromatic nitrogens is 2. The molecule has 1 unspecified atom stereocenters. The van der Waals surface area contributed by atoms with Crippen LogP contribution < -0.4 is 5.32 Å². The average Bonchev–Trinajstić information content (AvgIpc) is 2.41. The van der Waals surface area contributed by atoms with Crippen molar-refractivity contribution in [2.75, 3.05) is 13.2 Å². The predicted octanol–water partition coefficient (Wildman–Crippen LogP) is 1.07. The second-order valence-corrected chi connectivity index (χ2v) is 3.96. The van der Waals surface area contributed by atoms with Crippen LogP contribution in [0.2, 0.25) is 0 Å². The lowest BCUT2D eigenvalue weighted by Gasteiger charge is -2.14. The van der Waals surface area contributed by atoms with Gasteiger partial charge >= 0.3 is 0 Å². The van der Waals surface area contributed by atoms with Gasteiger partial charge in [-0.15, -0.1) is 0 Å². The molecule has 1 aromatic rings. The first-order valence-corrected chi connectivity index (χ1v) is 5.42. The minimum absolute atomic E-state index is 0.241. The monoisotopic (exact) mass is 211 g/mol. The van der Waals surface area contributed by atoms with E-state index in [0.29, 0.717) is 6.04 Å². The lowest BCUT2D eigenvalue weighted by atomic mass is 10.1. The summed E-state index contributed by atoms with van der Waals surface area (Å²) < 4.78 is 1.91. The van der Waals surface area contributed by atoms with Crippen LogP contribution in [-0.2, 0) is 7.05 Å². The van der Waals surface area contributed by atoms with Crippen molar-refractivity contribution in [1.29, 1.82) is 0 Å². The second-order valence-electron chi connectivity index (χ2n) is 3.96. The molecule has 2 N–H and O–H groups in total. The van der Waals surface area contributed by atoms with Crippen LogP contribution in [-0.4, -0.2) is 28.0 Å². The smallest absolute Gasteiger partial charge is 0.0644 e. The number of nitrogens with one attached hydrogen (secondary N) is 1. The summed E-state index contributed by atoms with van der Waals surface area (Å²) in [6.45, 7) is 7.33. The lowest BCUT2D eigenvalue weighted by molar-refractivity contribution is 0.284. The number of rotatable bonds is 5. The molecule has 0 amide bonds. The Balaban J connectivity index is 2.68. The zero-order valence-electron chi connectivity index (χ0n) is 10.0. The molecule has 0 saturated heterocycles. The van der Waals surface area contributed by atoms with Gasteiger partial charge in [-0.3, -0.25) is 4.68 Å². The molecule has 86 valence electrons. The highest BCUT2D eigenvalue weighted by Gasteiger charge is 2.15. The highest BCUT2D eigenvalue weighted by atomic mass is 16.3. The number of aliphatic hydroxyl groups excluding tert-OH is 1. The zero-order valence-corrected chi connectivity index (χ0v) is 10.0. The summed E-state index contributed by atoms with van der Waals surface area (Å²) in [5.41, 5.74) is 3.56. The number of hydrogen-bond acceptors (Lipinski definition) is 3. The predicted molar refractivity (Wildman–Crippen MR) is 60.8 cm³/mol. The summed E-state index contributed by atoms with van der Waals surface area (Å²) in [4.78, 5) is 0. The van der Waals surface area contributed by atoms with Crippen molar-refractivity contribution in [3.8, 4) is 0 Å². The van der Waals surface area contributed by atoms with Gasteiger partial charge in [-0.05, 0) is 33.7 Å². The van der Waals surface area contributed by atoms with Gasteiger partial charge in [0.15, 0.2) is 0 Å². The summed E-state index contributed by atoms with van der Waals surface area (Å²) in [5.74, 6) is 0. The zero-order chi connectivity index (χ0) is 11.4. The first kappa shape index (κ1) is 12.2. The topological polar surface area (TPSA) is 50.1 Å². The molecule has 0 aliphatic carbocycles. The van der Waals surface area contributed by atoms with Crippen molar-refractivity contribution in [2.45, 2.75) is 33.2 Å². The minimum atomic E-state index is 0.241. The van der Waals surface area contributed by atoms with E-state index >= 15 is 0 Å². The summed E-state index contributed by atoms with van der Waals surface area (Å²) in [5, 5.41) is 16.5. The van der Waals surface area contributed by atoms with Crippen molar-refractivity contribution in [2.24, 2.45) is 7.05 Å². The van der Waals surface area contributed by atoms with Crippen molar-refractivity contribution in [3.05, 3.63) is 17.0 Å². The van der Waals surface area contributed by atoms with E-state index in [1.54, 1.807) is 0 Å². The normalized spacial score (nSPS) is 13.1. The highest BCUT2D eigenvalue weighted by molar-refractivity contribution is 5.27. The molecule has 15 heavy (non-hydrogen) atoms. The SMILES string of the molecule is Cc1nn(C)c(C)c1C(C)NCCCO. The van der Waals surface area contributed by atoms with Crippen molar-refractivity contribution in [1.82, 2.24) is 15.1 Å². The number of aliphatic hydroxyl groups is 1. The van der Waals surface area contributed by atoms with Crippen LogP contribution in [0.25, 0.3) is 0 Å². The fraction of sp³-hybridized carbons (Fsp3) is 0.727. The van der Waals surface area contributed by atoms with Crippen LogP contribution in [0.4, 0.5) is 0 Å². The maximum atomic E-state index is 8.71. The van der Waals surface area contributed by atoms with Crippen LogP contribution in [0.5, 0.6) is 0 Å². The Labute approximate surface area is 91.3 Å². The number of aryl methyl sites for hydroxylation is 2. The van der Waals surface area contributed by atoms with E-state index in [1.165, 1.54) is 11.3 Å². The van der Waals surface area contributed by atoms with Crippen LogP contribution >= 0.6 is 0 Å². The average molecular weight is 211 g/mol. The largest absolute Gasteiger partial charge is 0.396 e. The summed E-state index contributed by atoms with van der Waals surface area (Å²) >= 11 is 0. The van der Waals surface area contributed by atoms with Gasteiger partial charge in [-0.1, -0.05) is 0 Å². The minimum Gasteiger partial charge on any atom is -0.396 e. The van der Waals surface area contributed by atoms with E-state index in [9.17, 15) is 0 Å². The van der Waals surface area contributed by atoms with E-state index in [-0.39, 0.29) is 6.61 Å². The third-order valence-corrected chi connectivity index (χ3v) is 2.78. The molecule has 0 bridgehead atoms. The highest BCUT2D eigenvalue weighted by Crippen LogP contribution is 2.20. The van der Waals surface area contributed by atoms with E-state index < -0.39 is 0 Å². The molecule has 4 nitrogen and oxygen atoms in total. The van der Waals surface area contributed by atoms with Gasteiger partial charge < -0.3 is 10.4 Å². The Bertz CT molecular complexity index is 320. The van der Waals surface area contributed by atoms with Gasteiger partial charge in [0.1, 0.15) is 0 Å². The third-order valence-electron chi connectivity index (χ3n) is 2.78. The van der Waals surface area contributed by atoms with Crippen molar-refractivity contribution in [3.63, 3.8) is 0 Å². The molecule has 1 rings (SSSR count). The first-order chi connectivity index (χ1) is 7.07. The first-order valence-electron chi connectivity index (χ1n) is 5.42. The molecule has 1 heterocycles. The Kier molecular flexibility index (Phi) is 4.29. The maximum absolute atomic E-state index is 8.71. The molecular weight excluding hydrogens is 190 g/mol. The van der Waals surface area contributed by atoms with Crippen LogP contribution in [0, 0.1) is 13.8 Å². The van der Waals surface area contributed by atoms with Crippen LogP contribution in [0.3, 0.4) is 0 Å². The molecule has 0 aliphatic rings. The van der Waals surface area contributed by atoms with Gasteiger partial charge in [0.05, 0.1) is 5.69 Å². The fourth-order valence-corrected chi connectivity index (χ4v) is 1.92. The van der Waals surface area contributed by atoms with E-state index in [1.807, 2.05) is 18.7 Å². The summed E-state index contributed by atoms with van der Waals surface area (Å²) in [7, 11) is 1.96. The lowest BCUT2D eigenvalue weighted by Crippen LogP contribution is -2.21. The molecule has 0 fully saturated rings. The molecule has 0 aromatic carbocycles. The Morgan fingerprint density at radius 3 is 2.60 bits per heavy atom. The van der Waals surface area contributed by atoms with Crippen molar-refractivity contribution < 1.29 is 5.11 Å². The quantitative estimate of drug-likeness (QED) is 0.716. The van der Waals surface area contributed by atoms with E-state index in [4.69, 9.17) is 5.11 Å². The van der Waals surface area contributed by atoms with Crippen molar-refractivity contribution >= 4 is 0 Å². The Morgan fingerprint density at radius 1 is 1.47 bits per heavy atom. The Morgan fingerprint density at radius 2 is 2.13 bits per heavy atom. The summed E-state index contributed by atoms with van der Waals surface area (Å²) in [6, 6.07) is 0.297. The third kappa shape index (κ3) is 2.79. The fourth-order valence-electron chi connectivity index (χ4n) is 1.92. The van der Waals surface area contributed by atoms with Gasteiger partial charge in [0.25, 0.3) is 0 Å². The maximum Gasteiger partial charge on any atom is 0.0644 e. The van der Waals surface area contributed by atoms with Gasteiger partial charge in [-0.25, -0.2) is 0 Å². The molecule has 0 aliphatic heterocycles. The molecule has 1 atom stereocenters. The Hall–Kier alpha value is -0.870. The molecular formula is C11H21N3O. The number of nitrogens with zero attached hydrogens (tertiary/aromatic N) is 2. The molecule has 4 heteroatoms.